The smallest absolute Gasteiger partial charge is 0.387 e. The topological polar surface area (TPSA) is 250 Å². The number of thioether (sulfide) groups is 1. The number of ketones is 1. The number of aliphatic hydroxyl groups is 2. The number of aliphatic hydroxyl groups excluding tert-OH is 2. The van der Waals surface area contributed by atoms with Gasteiger partial charge in [0.25, 0.3) is 0 Å². The lowest BCUT2D eigenvalue weighted by atomic mass is 10.1. The molecule has 2 aromatic rings. The van der Waals surface area contributed by atoms with Gasteiger partial charge in [-0.1, -0.05) is 27.7 Å². The van der Waals surface area contributed by atoms with Gasteiger partial charge in [0.1, 0.15) is 23.8 Å². The van der Waals surface area contributed by atoms with Gasteiger partial charge < -0.3 is 35.4 Å². The highest BCUT2D eigenvalue weighted by Gasteiger charge is 2.46. The monoisotopic (exact) mass is 593 g/mol. The Morgan fingerprint density at radius 2 is 1.97 bits per heavy atom. The number of Topliss-reactive ketones (excluding diaryl/α,β-unsaturated/α-hetero) is 1. The summed E-state index contributed by atoms with van der Waals surface area (Å²) in [6.45, 7) is -0.859. The van der Waals surface area contributed by atoms with Crippen LogP contribution in [0.3, 0.4) is 0 Å². The van der Waals surface area contributed by atoms with E-state index in [0.717, 1.165) is 11.8 Å². The van der Waals surface area contributed by atoms with Crippen molar-refractivity contribution in [2.75, 3.05) is 23.4 Å². The molecular weight excluding hydrogens is 576 g/mol. The highest BCUT2D eigenvalue weighted by molar-refractivity contribution is 9.09. The molecule has 0 aliphatic carbocycles. The zero-order valence-corrected chi connectivity index (χ0v) is 20.4. The van der Waals surface area contributed by atoms with Crippen LogP contribution in [0, 0.1) is 0 Å². The third-order valence-electron chi connectivity index (χ3n) is 4.16. The first-order valence-electron chi connectivity index (χ1n) is 8.77. The Morgan fingerprint density at radius 1 is 1.27 bits per heavy atom. The highest BCUT2D eigenvalue weighted by atomic mass is 79.9. The summed E-state index contributed by atoms with van der Waals surface area (Å²) in [5, 5.41) is 21.0. The first kappa shape index (κ1) is 26.6. The summed E-state index contributed by atoms with van der Waals surface area (Å²) >= 11 is 4.07. The van der Waals surface area contributed by atoms with Gasteiger partial charge in [0.2, 0.25) is 0 Å². The van der Waals surface area contributed by atoms with Crippen molar-refractivity contribution in [3.05, 3.63) is 6.33 Å². The second-order valence-electron chi connectivity index (χ2n) is 6.56. The number of phosphoric acid groups is 2. The van der Waals surface area contributed by atoms with Crippen molar-refractivity contribution < 1.29 is 52.4 Å². The van der Waals surface area contributed by atoms with Crippen molar-refractivity contribution in [2.45, 2.75) is 29.7 Å². The summed E-state index contributed by atoms with van der Waals surface area (Å²) in [6.07, 6.45) is -4.69. The zero-order chi connectivity index (χ0) is 24.6. The van der Waals surface area contributed by atoms with Gasteiger partial charge >= 0.3 is 15.6 Å². The number of nitrogens with two attached hydrogens (primary N) is 1. The summed E-state index contributed by atoms with van der Waals surface area (Å²) in [7, 11) is -10.5. The minimum absolute atomic E-state index is 0.00346. The summed E-state index contributed by atoms with van der Waals surface area (Å²) in [5.41, 5.74) is 6.18. The standard InChI is InChI=1S/C13H18BrN5O11P2S/c14-1-5(20)3-33-13-17-10(15)7-11(18-13)19(4-16-7)12-9(22)8(21)6(29-12)2-28-32(26,27)30-31(23,24)25/h4,6,8-9,12,21-22H,1-3H2,(H,26,27)(H2,15,17,18)(H2,23,24,25)/t6-,8-,9-,12-/m1/s1. The first-order valence-corrected chi connectivity index (χ1v) is 13.9. The molecule has 1 aliphatic heterocycles. The lowest BCUT2D eigenvalue weighted by Gasteiger charge is -2.17. The number of imidazole rings is 1. The number of fused-ring (bicyclic) bond motifs is 1. The quantitative estimate of drug-likeness (QED) is 0.0862. The maximum Gasteiger partial charge on any atom is 0.481 e. The van der Waals surface area contributed by atoms with Gasteiger partial charge in [-0.2, -0.15) is 4.31 Å². The molecule has 1 unspecified atom stereocenters. The number of ether oxygens (including phenoxy) is 1. The summed E-state index contributed by atoms with van der Waals surface area (Å²) in [6, 6.07) is 0. The third-order valence-corrected chi connectivity index (χ3v) is 7.85. The normalized spacial score (nSPS) is 25.4. The average molecular weight is 594 g/mol. The Bertz CT molecular complexity index is 1130. The molecule has 3 heterocycles. The molecule has 3 rings (SSSR count). The molecule has 7 N–H and O–H groups in total. The van der Waals surface area contributed by atoms with Gasteiger partial charge in [-0.15, -0.1) is 0 Å². The van der Waals surface area contributed by atoms with E-state index in [0.29, 0.717) is 0 Å². The van der Waals surface area contributed by atoms with Crippen LogP contribution in [-0.4, -0.2) is 86.2 Å². The van der Waals surface area contributed by atoms with E-state index in [4.69, 9.17) is 20.3 Å². The van der Waals surface area contributed by atoms with Gasteiger partial charge in [0.15, 0.2) is 28.6 Å². The number of phosphoric ester groups is 1. The molecule has 20 heteroatoms. The van der Waals surface area contributed by atoms with Crippen molar-refractivity contribution in [3.8, 4) is 0 Å². The number of hydrogen-bond acceptors (Lipinski definition) is 13. The van der Waals surface area contributed by atoms with E-state index in [1.807, 2.05) is 0 Å². The van der Waals surface area contributed by atoms with E-state index in [2.05, 4.69) is 39.7 Å². The Morgan fingerprint density at radius 3 is 2.61 bits per heavy atom. The fourth-order valence-electron chi connectivity index (χ4n) is 2.77. The first-order chi connectivity index (χ1) is 15.3. The van der Waals surface area contributed by atoms with Crippen molar-refractivity contribution in [2.24, 2.45) is 0 Å². The van der Waals surface area contributed by atoms with Gasteiger partial charge in [0.05, 0.1) is 24.0 Å². The van der Waals surface area contributed by atoms with E-state index in [-0.39, 0.29) is 39.0 Å². The zero-order valence-electron chi connectivity index (χ0n) is 16.2. The van der Waals surface area contributed by atoms with Gasteiger partial charge in [-0.25, -0.2) is 24.1 Å². The minimum Gasteiger partial charge on any atom is -0.387 e. The van der Waals surface area contributed by atoms with Crippen LogP contribution in [0.5, 0.6) is 0 Å². The maximum absolute atomic E-state index is 11.6. The molecule has 0 saturated carbocycles. The molecule has 0 amide bonds. The number of anilines is 1. The summed E-state index contributed by atoms with van der Waals surface area (Å²) in [4.78, 5) is 50.6. The number of aromatic nitrogens is 4. The molecule has 0 spiro atoms. The Kier molecular flexibility index (Phi) is 8.31. The van der Waals surface area contributed by atoms with Crippen LogP contribution in [0.15, 0.2) is 11.5 Å². The average Bonchev–Trinajstić information content (AvgIpc) is 3.25. The summed E-state index contributed by atoms with van der Waals surface area (Å²) < 4.78 is 37.2. The van der Waals surface area contributed by atoms with E-state index in [1.54, 1.807) is 0 Å². The molecule has 0 aromatic carbocycles. The molecule has 0 bridgehead atoms. The molecule has 2 aromatic heterocycles. The Balaban J connectivity index is 1.79. The number of rotatable bonds is 10. The van der Waals surface area contributed by atoms with Crippen molar-refractivity contribution >= 4 is 66.1 Å². The molecule has 1 saturated heterocycles. The Hall–Kier alpha value is -1.01. The molecule has 0 radical (unpaired) electrons. The lowest BCUT2D eigenvalue weighted by Crippen LogP contribution is -2.33. The van der Waals surface area contributed by atoms with E-state index < -0.39 is 46.8 Å². The molecule has 1 aliphatic rings. The number of alkyl halides is 1. The predicted octanol–water partition coefficient (Wildman–Crippen LogP) is -0.690. The number of halogens is 1. The van der Waals surface area contributed by atoms with E-state index >= 15 is 0 Å². The van der Waals surface area contributed by atoms with E-state index in [9.17, 15) is 29.0 Å². The number of nitrogens with zero attached hydrogens (tertiary/aromatic N) is 4. The molecule has 33 heavy (non-hydrogen) atoms. The molecule has 16 nitrogen and oxygen atoms in total. The molecule has 1 fully saturated rings. The van der Waals surface area contributed by atoms with Crippen molar-refractivity contribution in [3.63, 3.8) is 0 Å². The number of nitrogen functional groups attached to an aromatic ring is 1. The van der Waals surface area contributed by atoms with Gasteiger partial charge in [0, 0.05) is 0 Å². The predicted molar refractivity (Wildman–Crippen MR) is 114 cm³/mol. The van der Waals surface area contributed by atoms with E-state index in [1.165, 1.54) is 10.9 Å². The minimum atomic E-state index is -5.33. The summed E-state index contributed by atoms with van der Waals surface area (Å²) in [5.74, 6) is -0.0421. The molecule has 5 atom stereocenters. The third kappa shape index (κ3) is 6.56. The van der Waals surface area contributed by atoms with Crippen LogP contribution in [0.2, 0.25) is 0 Å². The van der Waals surface area contributed by atoms with Crippen LogP contribution < -0.4 is 5.73 Å². The van der Waals surface area contributed by atoms with Crippen LogP contribution in [0.25, 0.3) is 11.2 Å². The fraction of sp³-hybridized carbons (Fsp3) is 0.538. The van der Waals surface area contributed by atoms with Crippen LogP contribution in [0.4, 0.5) is 5.82 Å². The van der Waals surface area contributed by atoms with Crippen molar-refractivity contribution in [1.29, 1.82) is 0 Å². The number of carbonyl (C=O) groups excluding carboxylic acids is 1. The number of carbonyl (C=O) groups is 1. The second-order valence-corrected chi connectivity index (χ2v) is 10.9. The second kappa shape index (κ2) is 10.3. The van der Waals surface area contributed by atoms with Gasteiger partial charge in [-0.05, 0) is 0 Å². The fourth-order valence-corrected chi connectivity index (χ4v) is 5.54. The van der Waals surface area contributed by atoms with Gasteiger partial charge in [-0.3, -0.25) is 13.9 Å². The number of hydrogen-bond donors (Lipinski definition) is 6. The van der Waals surface area contributed by atoms with Crippen molar-refractivity contribution in [1.82, 2.24) is 19.5 Å². The highest BCUT2D eigenvalue weighted by Crippen LogP contribution is 2.57. The Labute approximate surface area is 197 Å². The van der Waals surface area contributed by atoms with Crippen LogP contribution >= 0.6 is 43.3 Å². The maximum atomic E-state index is 11.6. The van der Waals surface area contributed by atoms with Crippen LogP contribution in [-0.2, 0) is 27.5 Å². The largest absolute Gasteiger partial charge is 0.481 e. The lowest BCUT2D eigenvalue weighted by molar-refractivity contribution is -0.114. The van der Waals surface area contributed by atoms with Crippen LogP contribution in [0.1, 0.15) is 6.23 Å². The molecular formula is C13H18BrN5O11P2S. The SMILES string of the molecule is Nc1nc(SCC(=O)CBr)nc2c1ncn2[C@@H]1O[C@H](COP(=O)(O)OP(=O)(O)O)[C@@H](O)[C@H]1O. The molecule has 184 valence electrons.